The summed E-state index contributed by atoms with van der Waals surface area (Å²) in [6.07, 6.45) is 6.53. The number of hydrogen-bond donors (Lipinski definition) is 2. The molecule has 0 radical (unpaired) electrons. The van der Waals surface area contributed by atoms with Gasteiger partial charge in [-0.3, -0.25) is 4.99 Å². The van der Waals surface area contributed by atoms with Crippen LogP contribution >= 0.6 is 24.0 Å². The normalized spacial score (nSPS) is 15.7. The van der Waals surface area contributed by atoms with E-state index in [0.29, 0.717) is 12.1 Å². The van der Waals surface area contributed by atoms with Gasteiger partial charge in [0.05, 0.1) is 11.4 Å². The zero-order chi connectivity index (χ0) is 21.3. The molecule has 6 nitrogen and oxygen atoms in total. The number of likely N-dealkylation sites (tertiary alicyclic amines) is 1. The SMILES string of the molecule is CCNC(=NCCCc1cn(-c2ccccc2)nc1C)NC1CCN(C(C)C)CC1.I. The fraction of sp³-hybridized carbons (Fsp3) is 0.583. The average molecular weight is 539 g/mol. The van der Waals surface area contributed by atoms with Crippen molar-refractivity contribution in [3.05, 3.63) is 47.8 Å². The summed E-state index contributed by atoms with van der Waals surface area (Å²) in [6, 6.07) is 11.4. The third kappa shape index (κ3) is 7.79. The third-order valence-corrected chi connectivity index (χ3v) is 5.84. The molecule has 1 saturated heterocycles. The summed E-state index contributed by atoms with van der Waals surface area (Å²) in [5.41, 5.74) is 3.50. The number of aryl methyl sites for hydroxylation is 2. The molecule has 2 N–H and O–H groups in total. The molecule has 1 aliphatic rings. The molecule has 172 valence electrons. The van der Waals surface area contributed by atoms with Crippen molar-refractivity contribution in [1.29, 1.82) is 0 Å². The molecule has 2 heterocycles. The van der Waals surface area contributed by atoms with Gasteiger partial charge in [-0.15, -0.1) is 24.0 Å². The second-order valence-corrected chi connectivity index (χ2v) is 8.43. The van der Waals surface area contributed by atoms with Gasteiger partial charge < -0.3 is 15.5 Å². The lowest BCUT2D eigenvalue weighted by Crippen LogP contribution is -2.49. The lowest BCUT2D eigenvalue weighted by atomic mass is 10.0. The van der Waals surface area contributed by atoms with E-state index in [4.69, 9.17) is 4.99 Å². The Hall–Kier alpha value is -1.61. The minimum absolute atomic E-state index is 0. The molecule has 0 unspecified atom stereocenters. The molecule has 0 aliphatic carbocycles. The van der Waals surface area contributed by atoms with Gasteiger partial charge in [-0.05, 0) is 71.1 Å². The second kappa shape index (κ2) is 13.1. The zero-order valence-corrected chi connectivity index (χ0v) is 21.8. The lowest BCUT2D eigenvalue weighted by molar-refractivity contribution is 0.167. The van der Waals surface area contributed by atoms with Crippen molar-refractivity contribution in [2.24, 2.45) is 4.99 Å². The maximum atomic E-state index is 4.83. The molecular formula is C24H39IN6. The number of nitrogens with one attached hydrogen (secondary N) is 2. The maximum Gasteiger partial charge on any atom is 0.191 e. The zero-order valence-electron chi connectivity index (χ0n) is 19.5. The van der Waals surface area contributed by atoms with Gasteiger partial charge >= 0.3 is 0 Å². The van der Waals surface area contributed by atoms with Crippen LogP contribution in [0.1, 0.15) is 51.3 Å². The van der Waals surface area contributed by atoms with Gasteiger partial charge in [-0.25, -0.2) is 4.68 Å². The number of halogens is 1. The second-order valence-electron chi connectivity index (χ2n) is 8.43. The van der Waals surface area contributed by atoms with E-state index < -0.39 is 0 Å². The van der Waals surface area contributed by atoms with Crippen molar-refractivity contribution in [3.63, 3.8) is 0 Å². The van der Waals surface area contributed by atoms with Crippen molar-refractivity contribution in [1.82, 2.24) is 25.3 Å². The Bertz CT molecular complexity index is 794. The number of guanidine groups is 1. The van der Waals surface area contributed by atoms with E-state index in [0.717, 1.165) is 43.3 Å². The number of hydrogen-bond acceptors (Lipinski definition) is 3. The summed E-state index contributed by atoms with van der Waals surface area (Å²) < 4.78 is 1.98. The van der Waals surface area contributed by atoms with Crippen molar-refractivity contribution in [2.75, 3.05) is 26.2 Å². The molecule has 2 aromatic rings. The summed E-state index contributed by atoms with van der Waals surface area (Å²) in [4.78, 5) is 7.38. The minimum Gasteiger partial charge on any atom is -0.357 e. The molecule has 1 aliphatic heterocycles. The van der Waals surface area contributed by atoms with Crippen LogP contribution in [0.4, 0.5) is 0 Å². The van der Waals surface area contributed by atoms with Crippen molar-refractivity contribution < 1.29 is 0 Å². The Morgan fingerprint density at radius 2 is 1.90 bits per heavy atom. The molecule has 1 fully saturated rings. The Balaban J connectivity index is 0.00000341. The van der Waals surface area contributed by atoms with E-state index >= 15 is 0 Å². The molecule has 0 bridgehead atoms. The van der Waals surface area contributed by atoms with Crippen LogP contribution in [0.2, 0.25) is 0 Å². The average Bonchev–Trinajstić information content (AvgIpc) is 3.13. The van der Waals surface area contributed by atoms with Crippen molar-refractivity contribution in [3.8, 4) is 5.69 Å². The lowest BCUT2D eigenvalue weighted by Gasteiger charge is -2.35. The van der Waals surface area contributed by atoms with Gasteiger partial charge in [0.2, 0.25) is 0 Å². The molecule has 1 aromatic heterocycles. The topological polar surface area (TPSA) is 57.5 Å². The van der Waals surface area contributed by atoms with Crippen molar-refractivity contribution in [2.45, 2.75) is 65.5 Å². The van der Waals surface area contributed by atoms with E-state index in [1.54, 1.807) is 0 Å². The van der Waals surface area contributed by atoms with Gasteiger partial charge in [-0.1, -0.05) is 18.2 Å². The van der Waals surface area contributed by atoms with Crippen LogP contribution in [0.25, 0.3) is 5.69 Å². The minimum atomic E-state index is 0. The molecule has 1 aromatic carbocycles. The number of rotatable bonds is 8. The maximum absolute atomic E-state index is 4.83. The molecule has 0 atom stereocenters. The van der Waals surface area contributed by atoms with Crippen LogP contribution in [-0.2, 0) is 6.42 Å². The van der Waals surface area contributed by atoms with E-state index in [1.807, 2.05) is 22.9 Å². The predicted octanol–water partition coefficient (Wildman–Crippen LogP) is 4.16. The van der Waals surface area contributed by atoms with E-state index in [2.05, 4.69) is 66.7 Å². The van der Waals surface area contributed by atoms with E-state index in [1.165, 1.54) is 31.5 Å². The monoisotopic (exact) mass is 538 g/mol. The van der Waals surface area contributed by atoms with Gasteiger partial charge in [-0.2, -0.15) is 5.10 Å². The highest BCUT2D eigenvalue weighted by Crippen LogP contribution is 2.14. The third-order valence-electron chi connectivity index (χ3n) is 5.84. The Labute approximate surface area is 204 Å². The summed E-state index contributed by atoms with van der Waals surface area (Å²) >= 11 is 0. The smallest absolute Gasteiger partial charge is 0.191 e. The Morgan fingerprint density at radius 3 is 2.55 bits per heavy atom. The quantitative estimate of drug-likeness (QED) is 0.230. The summed E-state index contributed by atoms with van der Waals surface area (Å²) in [6.45, 7) is 12.8. The molecular weight excluding hydrogens is 499 g/mol. The number of benzene rings is 1. The Kier molecular flexibility index (Phi) is 10.8. The Morgan fingerprint density at radius 1 is 1.19 bits per heavy atom. The first-order valence-corrected chi connectivity index (χ1v) is 11.5. The summed E-state index contributed by atoms with van der Waals surface area (Å²) in [5, 5.41) is 11.7. The van der Waals surface area contributed by atoms with Crippen LogP contribution in [0.5, 0.6) is 0 Å². The number of para-hydroxylation sites is 1. The van der Waals surface area contributed by atoms with Crippen molar-refractivity contribution >= 4 is 29.9 Å². The fourth-order valence-electron chi connectivity index (χ4n) is 3.99. The first kappa shape index (κ1) is 25.6. The highest BCUT2D eigenvalue weighted by Gasteiger charge is 2.21. The van der Waals surface area contributed by atoms with Gasteiger partial charge in [0.25, 0.3) is 0 Å². The van der Waals surface area contributed by atoms with Gasteiger partial charge in [0.1, 0.15) is 0 Å². The fourth-order valence-corrected chi connectivity index (χ4v) is 3.99. The van der Waals surface area contributed by atoms with Crippen LogP contribution in [-0.4, -0.2) is 58.9 Å². The van der Waals surface area contributed by atoms with E-state index in [-0.39, 0.29) is 24.0 Å². The number of aromatic nitrogens is 2. The standard InChI is InChI=1S/C24H38N6.HI/c1-5-25-24(27-22-13-16-29(17-14-22)19(2)3)26-15-9-10-21-18-30(28-20(21)4)23-11-7-6-8-12-23;/h6-8,11-12,18-19,22H,5,9-10,13-17H2,1-4H3,(H2,25,26,27);1H. The van der Waals surface area contributed by atoms with Crippen LogP contribution < -0.4 is 10.6 Å². The highest BCUT2D eigenvalue weighted by atomic mass is 127. The molecule has 0 saturated carbocycles. The van der Waals surface area contributed by atoms with Crippen LogP contribution in [0.15, 0.2) is 41.5 Å². The largest absolute Gasteiger partial charge is 0.357 e. The molecule has 31 heavy (non-hydrogen) atoms. The van der Waals surface area contributed by atoms with Crippen LogP contribution in [0.3, 0.4) is 0 Å². The highest BCUT2D eigenvalue weighted by molar-refractivity contribution is 14.0. The molecule has 0 amide bonds. The van der Waals surface area contributed by atoms with Crippen LogP contribution in [0, 0.1) is 6.92 Å². The first-order valence-electron chi connectivity index (χ1n) is 11.5. The van der Waals surface area contributed by atoms with E-state index in [9.17, 15) is 0 Å². The van der Waals surface area contributed by atoms with Gasteiger partial charge in [0.15, 0.2) is 5.96 Å². The summed E-state index contributed by atoms with van der Waals surface area (Å²) in [7, 11) is 0. The predicted molar refractivity (Wildman–Crippen MR) is 141 cm³/mol. The van der Waals surface area contributed by atoms with Gasteiger partial charge in [0, 0.05) is 44.5 Å². The molecule has 7 heteroatoms. The summed E-state index contributed by atoms with van der Waals surface area (Å²) in [5.74, 6) is 0.956. The number of aliphatic imine (C=N–C) groups is 1. The molecule has 3 rings (SSSR count). The number of nitrogens with zero attached hydrogens (tertiary/aromatic N) is 4. The number of piperidine rings is 1. The first-order chi connectivity index (χ1) is 14.6. The molecule has 0 spiro atoms.